The summed E-state index contributed by atoms with van der Waals surface area (Å²) in [5.74, 6) is 0.462. The molecule has 0 aliphatic carbocycles. The fourth-order valence-electron chi connectivity index (χ4n) is 2.39. The van der Waals surface area contributed by atoms with Crippen molar-refractivity contribution < 1.29 is 27.0 Å². The lowest BCUT2D eigenvalue weighted by Gasteiger charge is -2.14. The molecule has 2 aromatic rings. The Morgan fingerprint density at radius 3 is 2.31 bits per heavy atom. The van der Waals surface area contributed by atoms with Crippen molar-refractivity contribution in [2.75, 3.05) is 20.3 Å². The Bertz CT molecular complexity index is 808. The van der Waals surface area contributed by atoms with Gasteiger partial charge in [-0.2, -0.15) is 13.2 Å². The molecule has 2 rings (SSSR count). The van der Waals surface area contributed by atoms with Crippen LogP contribution in [0.15, 0.2) is 47.5 Å². The molecule has 5 nitrogen and oxygen atoms in total. The molecule has 0 fully saturated rings. The summed E-state index contributed by atoms with van der Waals surface area (Å²) in [4.78, 5) is 4.45. The molecule has 0 aliphatic heterocycles. The van der Waals surface area contributed by atoms with Gasteiger partial charge < -0.3 is 20.1 Å². The maximum atomic E-state index is 13.0. The van der Waals surface area contributed by atoms with Gasteiger partial charge in [0.25, 0.3) is 0 Å². The Morgan fingerprint density at radius 1 is 1.00 bits per heavy atom. The Hall–Kier alpha value is -2.97. The van der Waals surface area contributed by atoms with Crippen molar-refractivity contribution in [1.82, 2.24) is 10.6 Å². The minimum absolute atomic E-state index is 0.0129. The second-order valence-electron chi connectivity index (χ2n) is 6.06. The van der Waals surface area contributed by atoms with Crippen LogP contribution in [0.3, 0.4) is 0 Å². The number of nitrogens with one attached hydrogen (secondary N) is 2. The summed E-state index contributed by atoms with van der Waals surface area (Å²) in [6, 6.07) is 10.8. The van der Waals surface area contributed by atoms with Crippen LogP contribution in [0.25, 0.3) is 0 Å². The fourth-order valence-corrected chi connectivity index (χ4v) is 2.39. The first-order chi connectivity index (χ1) is 13.8. The van der Waals surface area contributed by atoms with Gasteiger partial charge in [-0.1, -0.05) is 18.2 Å². The summed E-state index contributed by atoms with van der Waals surface area (Å²) in [7, 11) is 1.36. The molecule has 0 saturated heterocycles. The zero-order valence-corrected chi connectivity index (χ0v) is 16.1. The number of alkyl halides is 3. The minimum Gasteiger partial charge on any atom is -0.493 e. The Kier molecular flexibility index (Phi) is 8.11. The number of ether oxygens (including phenoxy) is 2. The standard InChI is InChI=1S/C20H23F4N3O2/c1-3-25-19(26-11-14-4-7-16(21)8-5-14)27-12-15-6-9-17(18(10-15)28-2)29-13-20(22,23)24/h4-10H,3,11-13H2,1-2H3,(H2,25,26,27). The highest BCUT2D eigenvalue weighted by Gasteiger charge is 2.29. The highest BCUT2D eigenvalue weighted by atomic mass is 19.4. The normalized spacial score (nSPS) is 11.9. The number of nitrogens with zero attached hydrogens (tertiary/aromatic N) is 1. The SMILES string of the molecule is CCNC(=NCc1ccc(OCC(F)(F)F)c(OC)c1)NCc1ccc(F)cc1. The number of methoxy groups -OCH3 is 1. The van der Waals surface area contributed by atoms with E-state index >= 15 is 0 Å². The van der Waals surface area contributed by atoms with Gasteiger partial charge in [-0.15, -0.1) is 0 Å². The van der Waals surface area contributed by atoms with Crippen LogP contribution >= 0.6 is 0 Å². The van der Waals surface area contributed by atoms with Crippen LogP contribution in [0.2, 0.25) is 0 Å². The van der Waals surface area contributed by atoms with Gasteiger partial charge in [0.15, 0.2) is 24.1 Å². The summed E-state index contributed by atoms with van der Waals surface area (Å²) < 4.78 is 59.9. The van der Waals surface area contributed by atoms with Crippen LogP contribution in [-0.4, -0.2) is 32.4 Å². The van der Waals surface area contributed by atoms with E-state index in [1.165, 1.54) is 25.3 Å². The first-order valence-corrected chi connectivity index (χ1v) is 8.94. The van der Waals surface area contributed by atoms with Crippen LogP contribution < -0.4 is 20.1 Å². The van der Waals surface area contributed by atoms with E-state index < -0.39 is 12.8 Å². The van der Waals surface area contributed by atoms with E-state index in [0.29, 0.717) is 19.0 Å². The third-order valence-electron chi connectivity index (χ3n) is 3.76. The Morgan fingerprint density at radius 2 is 1.69 bits per heavy atom. The summed E-state index contributed by atoms with van der Waals surface area (Å²) in [6.45, 7) is 1.90. The molecule has 0 spiro atoms. The van der Waals surface area contributed by atoms with Crippen molar-refractivity contribution in [2.45, 2.75) is 26.2 Å². The summed E-state index contributed by atoms with van der Waals surface area (Å²) in [6.07, 6.45) is -4.43. The van der Waals surface area contributed by atoms with Crippen molar-refractivity contribution in [1.29, 1.82) is 0 Å². The number of hydrogen-bond donors (Lipinski definition) is 2. The van der Waals surface area contributed by atoms with Crippen molar-refractivity contribution in [2.24, 2.45) is 4.99 Å². The maximum Gasteiger partial charge on any atom is 0.422 e. The molecular formula is C20H23F4N3O2. The maximum absolute atomic E-state index is 13.0. The topological polar surface area (TPSA) is 54.9 Å². The van der Waals surface area contributed by atoms with Gasteiger partial charge >= 0.3 is 6.18 Å². The van der Waals surface area contributed by atoms with Gasteiger partial charge in [0.05, 0.1) is 13.7 Å². The predicted octanol–water partition coefficient (Wildman–Crippen LogP) is 4.03. The van der Waals surface area contributed by atoms with Gasteiger partial charge in [-0.3, -0.25) is 0 Å². The number of benzene rings is 2. The number of rotatable bonds is 8. The molecular weight excluding hydrogens is 390 g/mol. The molecule has 0 unspecified atom stereocenters. The molecule has 0 amide bonds. The van der Waals surface area contributed by atoms with E-state index in [1.807, 2.05) is 6.92 Å². The lowest BCUT2D eigenvalue weighted by molar-refractivity contribution is -0.153. The molecule has 0 bridgehead atoms. The van der Waals surface area contributed by atoms with Crippen LogP contribution in [0, 0.1) is 5.82 Å². The molecule has 2 N–H and O–H groups in total. The van der Waals surface area contributed by atoms with E-state index in [-0.39, 0.29) is 23.9 Å². The fraction of sp³-hybridized carbons (Fsp3) is 0.350. The highest BCUT2D eigenvalue weighted by Crippen LogP contribution is 2.30. The largest absolute Gasteiger partial charge is 0.493 e. The minimum atomic E-state index is -4.43. The predicted molar refractivity (Wildman–Crippen MR) is 103 cm³/mol. The number of hydrogen-bond acceptors (Lipinski definition) is 3. The van der Waals surface area contributed by atoms with Gasteiger partial charge in [0.1, 0.15) is 5.82 Å². The average molecular weight is 413 g/mol. The van der Waals surface area contributed by atoms with E-state index in [0.717, 1.165) is 11.1 Å². The number of guanidine groups is 1. The van der Waals surface area contributed by atoms with Crippen molar-refractivity contribution >= 4 is 5.96 Å². The Labute approximate surface area is 166 Å². The van der Waals surface area contributed by atoms with Crippen molar-refractivity contribution in [3.05, 3.63) is 59.4 Å². The first-order valence-electron chi connectivity index (χ1n) is 8.94. The Balaban J connectivity index is 2.02. The quantitative estimate of drug-likeness (QED) is 0.390. The van der Waals surface area contributed by atoms with Crippen molar-refractivity contribution in [3.63, 3.8) is 0 Å². The molecule has 0 aliphatic rings. The van der Waals surface area contributed by atoms with Gasteiger partial charge in [-0.05, 0) is 42.3 Å². The van der Waals surface area contributed by atoms with Gasteiger partial charge in [0, 0.05) is 13.1 Å². The second-order valence-corrected chi connectivity index (χ2v) is 6.06. The van der Waals surface area contributed by atoms with E-state index in [1.54, 1.807) is 24.3 Å². The molecule has 9 heteroatoms. The summed E-state index contributed by atoms with van der Waals surface area (Å²) in [5, 5.41) is 6.23. The van der Waals surface area contributed by atoms with E-state index in [4.69, 9.17) is 9.47 Å². The molecule has 0 atom stereocenters. The first kappa shape index (κ1) is 22.3. The lowest BCUT2D eigenvalue weighted by Crippen LogP contribution is -2.36. The smallest absolute Gasteiger partial charge is 0.422 e. The molecule has 0 aromatic heterocycles. The number of aliphatic imine (C=N–C) groups is 1. The summed E-state index contributed by atoms with van der Waals surface area (Å²) in [5.41, 5.74) is 1.63. The van der Waals surface area contributed by atoms with Crippen LogP contribution in [0.1, 0.15) is 18.1 Å². The molecule has 0 heterocycles. The zero-order valence-electron chi connectivity index (χ0n) is 16.1. The van der Waals surface area contributed by atoms with Crippen LogP contribution in [0.5, 0.6) is 11.5 Å². The number of halogens is 4. The molecule has 29 heavy (non-hydrogen) atoms. The van der Waals surface area contributed by atoms with Gasteiger partial charge in [-0.25, -0.2) is 9.38 Å². The van der Waals surface area contributed by atoms with Gasteiger partial charge in [0.2, 0.25) is 0 Å². The average Bonchev–Trinajstić information content (AvgIpc) is 2.69. The van der Waals surface area contributed by atoms with Crippen LogP contribution in [0.4, 0.5) is 17.6 Å². The van der Waals surface area contributed by atoms with E-state index in [9.17, 15) is 17.6 Å². The zero-order chi connectivity index (χ0) is 21.3. The van der Waals surface area contributed by atoms with Crippen LogP contribution in [-0.2, 0) is 13.1 Å². The third kappa shape index (κ3) is 7.89. The molecule has 0 radical (unpaired) electrons. The molecule has 2 aromatic carbocycles. The summed E-state index contributed by atoms with van der Waals surface area (Å²) >= 11 is 0. The highest BCUT2D eigenvalue weighted by molar-refractivity contribution is 5.79. The third-order valence-corrected chi connectivity index (χ3v) is 3.76. The molecule has 0 saturated carbocycles. The van der Waals surface area contributed by atoms with E-state index in [2.05, 4.69) is 15.6 Å². The van der Waals surface area contributed by atoms with Crippen molar-refractivity contribution in [3.8, 4) is 11.5 Å². The monoisotopic (exact) mass is 413 g/mol. The molecule has 158 valence electrons. The lowest BCUT2D eigenvalue weighted by atomic mass is 10.2. The second kappa shape index (κ2) is 10.5.